The molecule has 0 radical (unpaired) electrons. The first-order chi connectivity index (χ1) is 14.9. The van der Waals surface area contributed by atoms with Crippen molar-refractivity contribution < 1.29 is 13.3 Å². The molecule has 0 aromatic rings. The summed E-state index contributed by atoms with van der Waals surface area (Å²) >= 11 is 0. The first-order valence-corrected chi connectivity index (χ1v) is 18.4. The standard InChI is InChI=1S/C26H58O3PSi/c1-7-8-9-10-11-12-13-14-15-16-17-18-19-20-21-22-24-30(5,6)25-23-26-31(27-2,28-3)29-4/h7-26H2,1-6H3/q+1. The monoisotopic (exact) mass is 477 g/mol. The number of hydrogen-bond acceptors (Lipinski definition) is 3. The van der Waals surface area contributed by atoms with Crippen LogP contribution in [0.1, 0.15) is 116 Å². The molecule has 0 saturated carbocycles. The molecule has 0 atom stereocenters. The van der Waals surface area contributed by atoms with Gasteiger partial charge in [0.15, 0.2) is 0 Å². The van der Waals surface area contributed by atoms with Gasteiger partial charge in [-0.05, 0) is 19.3 Å². The maximum absolute atomic E-state index is 5.55. The quantitative estimate of drug-likeness (QED) is 0.0789. The molecule has 188 valence electrons. The van der Waals surface area contributed by atoms with Crippen LogP contribution in [-0.4, -0.2) is 55.8 Å². The van der Waals surface area contributed by atoms with Crippen LogP contribution in [0, 0.1) is 0 Å². The first kappa shape index (κ1) is 31.5. The Labute approximate surface area is 198 Å². The van der Waals surface area contributed by atoms with E-state index in [1.807, 2.05) is 0 Å². The van der Waals surface area contributed by atoms with Gasteiger partial charge < -0.3 is 13.3 Å². The Balaban J connectivity index is 3.47. The zero-order chi connectivity index (χ0) is 23.3. The van der Waals surface area contributed by atoms with Gasteiger partial charge in [-0.1, -0.05) is 96.8 Å². The highest BCUT2D eigenvalue weighted by Gasteiger charge is 2.38. The zero-order valence-corrected chi connectivity index (χ0v) is 24.2. The topological polar surface area (TPSA) is 27.7 Å². The second kappa shape index (κ2) is 21.1. The van der Waals surface area contributed by atoms with E-state index in [-0.39, 0.29) is 0 Å². The number of hydrogen-bond donors (Lipinski definition) is 0. The highest BCUT2D eigenvalue weighted by Crippen LogP contribution is 2.52. The van der Waals surface area contributed by atoms with Gasteiger partial charge in [-0.3, -0.25) is 0 Å². The molecule has 0 amide bonds. The van der Waals surface area contributed by atoms with Crippen molar-refractivity contribution >= 4 is 16.1 Å². The Bertz CT molecular complexity index is 367. The van der Waals surface area contributed by atoms with E-state index in [0.717, 1.165) is 6.04 Å². The van der Waals surface area contributed by atoms with Crippen molar-refractivity contribution in [3.8, 4) is 0 Å². The minimum atomic E-state index is -2.38. The number of unbranched alkanes of at least 4 members (excludes halogenated alkanes) is 15. The fourth-order valence-electron chi connectivity index (χ4n) is 4.48. The van der Waals surface area contributed by atoms with Crippen LogP contribution < -0.4 is 0 Å². The summed E-state index contributed by atoms with van der Waals surface area (Å²) in [5, 5.41) is 0. The van der Waals surface area contributed by atoms with Gasteiger partial charge in [0, 0.05) is 48.0 Å². The largest absolute Gasteiger partial charge is 0.500 e. The summed E-state index contributed by atoms with van der Waals surface area (Å²) in [4.78, 5) is 0. The molecule has 5 heteroatoms. The van der Waals surface area contributed by atoms with E-state index in [0.29, 0.717) is 0 Å². The van der Waals surface area contributed by atoms with Crippen molar-refractivity contribution in [3.05, 3.63) is 0 Å². The zero-order valence-electron chi connectivity index (χ0n) is 22.3. The van der Waals surface area contributed by atoms with E-state index in [1.54, 1.807) is 21.3 Å². The van der Waals surface area contributed by atoms with E-state index in [1.165, 1.54) is 121 Å². The van der Waals surface area contributed by atoms with E-state index in [9.17, 15) is 0 Å². The molecule has 0 aliphatic heterocycles. The van der Waals surface area contributed by atoms with Gasteiger partial charge >= 0.3 is 8.80 Å². The Morgan fingerprint density at radius 1 is 0.484 bits per heavy atom. The smallest absolute Gasteiger partial charge is 0.377 e. The van der Waals surface area contributed by atoms with Crippen LogP contribution in [0.15, 0.2) is 0 Å². The van der Waals surface area contributed by atoms with Crippen molar-refractivity contribution in [2.45, 2.75) is 122 Å². The maximum atomic E-state index is 5.55. The average molecular weight is 478 g/mol. The van der Waals surface area contributed by atoms with Gasteiger partial charge in [-0.15, -0.1) is 0 Å². The third-order valence-corrected chi connectivity index (χ3v) is 12.7. The third kappa shape index (κ3) is 18.6. The second-order valence-corrected chi connectivity index (χ2v) is 17.9. The van der Waals surface area contributed by atoms with Gasteiger partial charge in [0.05, 0.1) is 12.3 Å². The maximum Gasteiger partial charge on any atom is 0.500 e. The average Bonchev–Trinajstić information content (AvgIpc) is 2.76. The lowest BCUT2D eigenvalue weighted by Gasteiger charge is -2.25. The van der Waals surface area contributed by atoms with Gasteiger partial charge in [-0.2, -0.15) is 0 Å². The summed E-state index contributed by atoms with van der Waals surface area (Å²) in [6.07, 6.45) is 27.1. The van der Waals surface area contributed by atoms with Crippen LogP contribution in [0.5, 0.6) is 0 Å². The van der Waals surface area contributed by atoms with Gasteiger partial charge in [-0.25, -0.2) is 0 Å². The summed E-state index contributed by atoms with van der Waals surface area (Å²) < 4.78 is 16.7. The summed E-state index contributed by atoms with van der Waals surface area (Å²) in [6, 6.07) is 0.943. The SMILES string of the molecule is CCCCCCCCCCCCCCCCCC[P+](C)(C)CCC[Si](OC)(OC)OC. The molecule has 0 fully saturated rings. The van der Waals surface area contributed by atoms with Crippen molar-refractivity contribution in [3.63, 3.8) is 0 Å². The Morgan fingerprint density at radius 3 is 1.16 bits per heavy atom. The molecular weight excluding hydrogens is 419 g/mol. The van der Waals surface area contributed by atoms with E-state index < -0.39 is 16.1 Å². The molecule has 31 heavy (non-hydrogen) atoms. The molecule has 0 aliphatic rings. The van der Waals surface area contributed by atoms with Gasteiger partial charge in [0.25, 0.3) is 0 Å². The van der Waals surface area contributed by atoms with Crippen LogP contribution in [0.3, 0.4) is 0 Å². The van der Waals surface area contributed by atoms with Crippen LogP contribution in [0.2, 0.25) is 6.04 Å². The van der Waals surface area contributed by atoms with E-state index >= 15 is 0 Å². The highest BCUT2D eigenvalue weighted by atomic mass is 31.2. The fourth-order valence-corrected chi connectivity index (χ4v) is 8.82. The molecule has 0 rings (SSSR count). The highest BCUT2D eigenvalue weighted by molar-refractivity contribution is 7.74. The molecule has 0 aromatic carbocycles. The van der Waals surface area contributed by atoms with Gasteiger partial charge in [0.1, 0.15) is 0 Å². The molecule has 0 unspecified atom stereocenters. The van der Waals surface area contributed by atoms with Crippen molar-refractivity contribution in [2.24, 2.45) is 0 Å². The van der Waals surface area contributed by atoms with Crippen molar-refractivity contribution in [2.75, 3.05) is 47.0 Å². The summed E-state index contributed by atoms with van der Waals surface area (Å²) in [6.45, 7) is 7.34. The Kier molecular flexibility index (Phi) is 21.4. The summed E-state index contributed by atoms with van der Waals surface area (Å²) in [5.74, 6) is 0. The molecule has 0 N–H and O–H groups in total. The minimum Gasteiger partial charge on any atom is -0.377 e. The van der Waals surface area contributed by atoms with Crippen molar-refractivity contribution in [1.82, 2.24) is 0 Å². The normalized spacial score (nSPS) is 12.6. The lowest BCUT2D eigenvalue weighted by atomic mass is 10.0. The van der Waals surface area contributed by atoms with Crippen LogP contribution in [0.4, 0.5) is 0 Å². The fraction of sp³-hybridized carbons (Fsp3) is 1.00. The second-order valence-electron chi connectivity index (χ2n) is 10.1. The summed E-state index contributed by atoms with van der Waals surface area (Å²) in [7, 11) is 1.99. The predicted octanol–water partition coefficient (Wildman–Crippen LogP) is 8.79. The summed E-state index contributed by atoms with van der Waals surface area (Å²) in [5.41, 5.74) is 0. The first-order valence-electron chi connectivity index (χ1n) is 13.4. The van der Waals surface area contributed by atoms with Crippen LogP contribution in [-0.2, 0) is 13.3 Å². The number of rotatable bonds is 24. The molecule has 0 aromatic heterocycles. The molecule has 0 spiro atoms. The van der Waals surface area contributed by atoms with Crippen LogP contribution >= 0.6 is 7.26 Å². The molecular formula is C26H58O3PSi+. The Hall–Kier alpha value is 0.527. The molecule has 0 bridgehead atoms. The third-order valence-electron chi connectivity index (χ3n) is 6.80. The minimum absolute atomic E-state index is 0.793. The van der Waals surface area contributed by atoms with E-state index in [4.69, 9.17) is 13.3 Å². The van der Waals surface area contributed by atoms with Gasteiger partial charge in [0.2, 0.25) is 0 Å². The predicted molar refractivity (Wildman–Crippen MR) is 144 cm³/mol. The Morgan fingerprint density at radius 2 is 0.806 bits per heavy atom. The van der Waals surface area contributed by atoms with E-state index in [2.05, 4.69) is 20.3 Å². The molecule has 0 aliphatic carbocycles. The molecule has 0 heterocycles. The van der Waals surface area contributed by atoms with Crippen molar-refractivity contribution in [1.29, 1.82) is 0 Å². The molecule has 0 saturated heterocycles. The molecule has 3 nitrogen and oxygen atoms in total. The lowest BCUT2D eigenvalue weighted by molar-refractivity contribution is 0.123. The lowest BCUT2D eigenvalue weighted by Crippen LogP contribution is -2.42. The van der Waals surface area contributed by atoms with Crippen LogP contribution in [0.25, 0.3) is 0 Å².